The van der Waals surface area contributed by atoms with Crippen molar-refractivity contribution in [3.63, 3.8) is 0 Å². The number of hydrogen-bond donors (Lipinski definition) is 0. The molecule has 0 spiro atoms. The predicted octanol–water partition coefficient (Wildman–Crippen LogP) is 0.911. The topological polar surface area (TPSA) is 68.3 Å². The molecule has 2 heterocycles. The molecule has 2 aliphatic rings. The Kier molecular flexibility index (Phi) is 5.43. The first kappa shape index (κ1) is 17.5. The fourth-order valence-corrected chi connectivity index (χ4v) is 3.20. The molecule has 25 heavy (non-hydrogen) atoms. The summed E-state index contributed by atoms with van der Waals surface area (Å²) in [7, 11) is 3.37. The summed E-state index contributed by atoms with van der Waals surface area (Å²) in [5, 5.41) is 0. The Hall–Kier alpha value is -2.28. The summed E-state index contributed by atoms with van der Waals surface area (Å²) in [6.45, 7) is 3.04. The van der Waals surface area contributed by atoms with Crippen molar-refractivity contribution in [2.24, 2.45) is 5.92 Å². The summed E-state index contributed by atoms with van der Waals surface area (Å²) in [6, 6.07) is 5.71. The van der Waals surface area contributed by atoms with Crippen molar-refractivity contribution in [2.75, 3.05) is 47.1 Å². The molecule has 0 saturated carbocycles. The summed E-state index contributed by atoms with van der Waals surface area (Å²) < 4.78 is 16.1. The van der Waals surface area contributed by atoms with Crippen LogP contribution >= 0.6 is 0 Å². The SMILES string of the molecule is COCCN1C[C@@H](C(=O)N(C)Cc2ccc3c(c2)OCCO3)CC1=O. The van der Waals surface area contributed by atoms with E-state index in [4.69, 9.17) is 14.2 Å². The molecule has 3 rings (SSSR count). The molecule has 2 aliphatic heterocycles. The molecule has 0 bridgehead atoms. The number of methoxy groups -OCH3 is 1. The molecular formula is C18H24N2O5. The first-order valence-corrected chi connectivity index (χ1v) is 8.48. The molecule has 1 aromatic carbocycles. The zero-order chi connectivity index (χ0) is 17.8. The van der Waals surface area contributed by atoms with E-state index in [1.165, 1.54) is 0 Å². The maximum atomic E-state index is 12.7. The number of likely N-dealkylation sites (tertiary alicyclic amines) is 1. The van der Waals surface area contributed by atoms with Crippen LogP contribution in [-0.4, -0.2) is 68.7 Å². The van der Waals surface area contributed by atoms with E-state index in [1.807, 2.05) is 18.2 Å². The van der Waals surface area contributed by atoms with Crippen molar-refractivity contribution >= 4 is 11.8 Å². The standard InChI is InChI=1S/C18H24N2O5/c1-19(11-13-3-4-15-16(9-13)25-8-7-24-15)18(22)14-10-17(21)20(12-14)5-6-23-2/h3-4,9,14H,5-8,10-12H2,1-2H3/t14-/m0/s1. The second-order valence-electron chi connectivity index (χ2n) is 6.41. The third-order valence-corrected chi connectivity index (χ3v) is 4.53. The fraction of sp³-hybridized carbons (Fsp3) is 0.556. The number of amides is 2. The van der Waals surface area contributed by atoms with E-state index in [1.54, 1.807) is 24.0 Å². The molecule has 1 atom stereocenters. The maximum Gasteiger partial charge on any atom is 0.228 e. The van der Waals surface area contributed by atoms with E-state index in [2.05, 4.69) is 0 Å². The average molecular weight is 348 g/mol. The van der Waals surface area contributed by atoms with Gasteiger partial charge in [0.15, 0.2) is 11.5 Å². The monoisotopic (exact) mass is 348 g/mol. The van der Waals surface area contributed by atoms with Gasteiger partial charge in [0.1, 0.15) is 13.2 Å². The van der Waals surface area contributed by atoms with Crippen LogP contribution in [0, 0.1) is 5.92 Å². The summed E-state index contributed by atoms with van der Waals surface area (Å²) >= 11 is 0. The van der Waals surface area contributed by atoms with Gasteiger partial charge in [-0.1, -0.05) is 6.07 Å². The quantitative estimate of drug-likeness (QED) is 0.764. The lowest BCUT2D eigenvalue weighted by Gasteiger charge is -2.23. The Balaban J connectivity index is 1.58. The van der Waals surface area contributed by atoms with Crippen LogP contribution in [0.1, 0.15) is 12.0 Å². The molecule has 0 aliphatic carbocycles. The maximum absolute atomic E-state index is 12.7. The van der Waals surface area contributed by atoms with E-state index in [0.29, 0.717) is 45.2 Å². The Morgan fingerprint density at radius 2 is 2.08 bits per heavy atom. The number of carbonyl (C=O) groups excluding carboxylic acids is 2. The minimum Gasteiger partial charge on any atom is -0.486 e. The Bertz CT molecular complexity index is 648. The van der Waals surface area contributed by atoms with Gasteiger partial charge in [0.2, 0.25) is 11.8 Å². The van der Waals surface area contributed by atoms with E-state index in [9.17, 15) is 9.59 Å². The average Bonchev–Trinajstić information content (AvgIpc) is 2.99. The van der Waals surface area contributed by atoms with Crippen LogP contribution < -0.4 is 9.47 Å². The molecule has 136 valence electrons. The molecule has 0 unspecified atom stereocenters. The molecule has 7 heteroatoms. The third-order valence-electron chi connectivity index (χ3n) is 4.53. The van der Waals surface area contributed by atoms with Gasteiger partial charge in [-0.15, -0.1) is 0 Å². The highest BCUT2D eigenvalue weighted by Crippen LogP contribution is 2.31. The van der Waals surface area contributed by atoms with Gasteiger partial charge in [-0.05, 0) is 17.7 Å². The molecule has 1 fully saturated rings. The molecule has 1 saturated heterocycles. The number of nitrogens with zero attached hydrogens (tertiary/aromatic N) is 2. The summed E-state index contributed by atoms with van der Waals surface area (Å²) in [4.78, 5) is 28.0. The van der Waals surface area contributed by atoms with E-state index in [0.717, 1.165) is 11.3 Å². The van der Waals surface area contributed by atoms with Gasteiger partial charge in [0.25, 0.3) is 0 Å². The van der Waals surface area contributed by atoms with Gasteiger partial charge in [0, 0.05) is 40.2 Å². The fourth-order valence-electron chi connectivity index (χ4n) is 3.20. The smallest absolute Gasteiger partial charge is 0.228 e. The third kappa shape index (κ3) is 4.04. The lowest BCUT2D eigenvalue weighted by Crippen LogP contribution is -2.35. The van der Waals surface area contributed by atoms with Crippen LogP contribution in [-0.2, 0) is 20.9 Å². The van der Waals surface area contributed by atoms with E-state index in [-0.39, 0.29) is 24.2 Å². The summed E-state index contributed by atoms with van der Waals surface area (Å²) in [5.41, 5.74) is 0.973. The van der Waals surface area contributed by atoms with Crippen LogP contribution in [0.3, 0.4) is 0 Å². The molecule has 0 radical (unpaired) electrons. The summed E-state index contributed by atoms with van der Waals surface area (Å²) in [6.07, 6.45) is 0.272. The molecular weight excluding hydrogens is 324 g/mol. The van der Waals surface area contributed by atoms with Gasteiger partial charge in [-0.3, -0.25) is 9.59 Å². The Morgan fingerprint density at radius 1 is 1.32 bits per heavy atom. The zero-order valence-electron chi connectivity index (χ0n) is 14.7. The second-order valence-corrected chi connectivity index (χ2v) is 6.41. The zero-order valence-corrected chi connectivity index (χ0v) is 14.7. The van der Waals surface area contributed by atoms with Crippen LogP contribution in [0.4, 0.5) is 0 Å². The normalized spacial score (nSPS) is 19.2. The molecule has 1 aromatic rings. The van der Waals surface area contributed by atoms with Gasteiger partial charge in [0.05, 0.1) is 12.5 Å². The highest BCUT2D eigenvalue weighted by Gasteiger charge is 2.35. The number of fused-ring (bicyclic) bond motifs is 1. The van der Waals surface area contributed by atoms with E-state index >= 15 is 0 Å². The van der Waals surface area contributed by atoms with Gasteiger partial charge in [-0.2, -0.15) is 0 Å². The number of benzene rings is 1. The van der Waals surface area contributed by atoms with Crippen molar-refractivity contribution in [3.8, 4) is 11.5 Å². The Labute approximate surface area is 147 Å². The Morgan fingerprint density at radius 3 is 2.84 bits per heavy atom. The van der Waals surface area contributed by atoms with Crippen molar-refractivity contribution in [2.45, 2.75) is 13.0 Å². The lowest BCUT2D eigenvalue weighted by atomic mass is 10.1. The molecule has 0 aromatic heterocycles. The van der Waals surface area contributed by atoms with Gasteiger partial charge < -0.3 is 24.0 Å². The second kappa shape index (κ2) is 7.74. The summed E-state index contributed by atoms with van der Waals surface area (Å²) in [5.74, 6) is 1.17. The molecule has 7 nitrogen and oxygen atoms in total. The first-order chi connectivity index (χ1) is 12.1. The highest BCUT2D eigenvalue weighted by molar-refractivity contribution is 5.89. The first-order valence-electron chi connectivity index (χ1n) is 8.48. The largest absolute Gasteiger partial charge is 0.486 e. The highest BCUT2D eigenvalue weighted by atomic mass is 16.6. The van der Waals surface area contributed by atoms with Crippen molar-refractivity contribution in [1.82, 2.24) is 9.80 Å². The number of carbonyl (C=O) groups is 2. The van der Waals surface area contributed by atoms with Gasteiger partial charge in [-0.25, -0.2) is 0 Å². The molecule has 2 amide bonds. The van der Waals surface area contributed by atoms with Crippen LogP contribution in [0.2, 0.25) is 0 Å². The van der Waals surface area contributed by atoms with Crippen molar-refractivity contribution < 1.29 is 23.8 Å². The predicted molar refractivity (Wildman–Crippen MR) is 90.5 cm³/mol. The van der Waals surface area contributed by atoms with Crippen molar-refractivity contribution in [3.05, 3.63) is 23.8 Å². The lowest BCUT2D eigenvalue weighted by molar-refractivity contribution is -0.135. The molecule has 0 N–H and O–H groups in total. The van der Waals surface area contributed by atoms with Gasteiger partial charge >= 0.3 is 0 Å². The van der Waals surface area contributed by atoms with E-state index < -0.39 is 0 Å². The van der Waals surface area contributed by atoms with Crippen molar-refractivity contribution in [1.29, 1.82) is 0 Å². The minimum atomic E-state index is -0.286. The number of hydrogen-bond acceptors (Lipinski definition) is 5. The number of rotatable bonds is 6. The van der Waals surface area contributed by atoms with Crippen LogP contribution in [0.15, 0.2) is 18.2 Å². The minimum absolute atomic E-state index is 0.0110. The van der Waals surface area contributed by atoms with Crippen LogP contribution in [0.5, 0.6) is 11.5 Å². The van der Waals surface area contributed by atoms with Crippen LogP contribution in [0.25, 0.3) is 0 Å². The number of ether oxygens (including phenoxy) is 3.